The van der Waals surface area contributed by atoms with Gasteiger partial charge >= 0.3 is 5.97 Å². The lowest BCUT2D eigenvalue weighted by Gasteiger charge is -2.34. The van der Waals surface area contributed by atoms with Crippen LogP contribution in [-0.2, 0) is 4.79 Å². The molecule has 1 fully saturated rings. The second-order valence-corrected chi connectivity index (χ2v) is 5.06. The summed E-state index contributed by atoms with van der Waals surface area (Å²) in [6.45, 7) is 5.87. The highest BCUT2D eigenvalue weighted by molar-refractivity contribution is 5.74. The second-order valence-electron chi connectivity index (χ2n) is 5.06. The number of carbonyl (C=O) groups is 1. The molecule has 0 aliphatic heterocycles. The van der Waals surface area contributed by atoms with Crippen LogP contribution in [0.4, 0.5) is 0 Å². The van der Waals surface area contributed by atoms with Crippen molar-refractivity contribution in [1.29, 1.82) is 0 Å². The van der Waals surface area contributed by atoms with Crippen molar-refractivity contribution < 1.29 is 9.90 Å². The molecule has 4 heteroatoms. The van der Waals surface area contributed by atoms with Crippen LogP contribution < -0.4 is 0 Å². The fourth-order valence-corrected chi connectivity index (χ4v) is 2.44. The molecule has 0 spiro atoms. The number of carboxylic acid groups (broad SMARTS) is 1. The Balaban J connectivity index is 2.65. The van der Waals surface area contributed by atoms with E-state index in [1.807, 2.05) is 21.0 Å². The minimum absolute atomic E-state index is 0.278. The molecule has 2 unspecified atom stereocenters. The average Bonchev–Trinajstić information content (AvgIpc) is 2.94. The van der Waals surface area contributed by atoms with Gasteiger partial charge in [-0.1, -0.05) is 6.92 Å². The van der Waals surface area contributed by atoms with Gasteiger partial charge in [0.1, 0.15) is 6.04 Å². The zero-order valence-electron chi connectivity index (χ0n) is 10.8. The largest absolute Gasteiger partial charge is 0.480 e. The summed E-state index contributed by atoms with van der Waals surface area (Å²) >= 11 is 0. The zero-order valence-corrected chi connectivity index (χ0v) is 10.8. The molecule has 0 heterocycles. The molecule has 0 aromatic heterocycles. The Morgan fingerprint density at radius 1 is 1.44 bits per heavy atom. The van der Waals surface area contributed by atoms with E-state index in [9.17, 15) is 9.90 Å². The van der Waals surface area contributed by atoms with Gasteiger partial charge in [0.15, 0.2) is 0 Å². The van der Waals surface area contributed by atoms with Crippen LogP contribution in [0.15, 0.2) is 0 Å². The third-order valence-electron chi connectivity index (χ3n) is 3.24. The molecule has 1 rings (SSSR count). The van der Waals surface area contributed by atoms with Crippen molar-refractivity contribution in [1.82, 2.24) is 9.80 Å². The van der Waals surface area contributed by atoms with Crippen molar-refractivity contribution in [2.75, 3.05) is 27.2 Å². The zero-order chi connectivity index (χ0) is 12.3. The van der Waals surface area contributed by atoms with Crippen molar-refractivity contribution in [2.45, 2.75) is 38.8 Å². The fraction of sp³-hybridized carbons (Fsp3) is 0.917. The molecule has 0 radical (unpaired) electrons. The fourth-order valence-electron chi connectivity index (χ4n) is 2.44. The normalized spacial score (nSPS) is 20.1. The Morgan fingerprint density at radius 3 is 2.31 bits per heavy atom. The Labute approximate surface area is 98.2 Å². The first-order valence-electron chi connectivity index (χ1n) is 6.10. The quantitative estimate of drug-likeness (QED) is 0.709. The lowest BCUT2D eigenvalue weighted by Crippen LogP contribution is -2.50. The molecule has 0 aromatic carbocycles. The van der Waals surface area contributed by atoms with Crippen LogP contribution in [0.1, 0.15) is 26.7 Å². The summed E-state index contributed by atoms with van der Waals surface area (Å²) in [6.07, 6.45) is 2.14. The molecule has 4 nitrogen and oxygen atoms in total. The van der Waals surface area contributed by atoms with Gasteiger partial charge in [0.05, 0.1) is 0 Å². The molecule has 0 bridgehead atoms. The molecule has 1 aliphatic carbocycles. The third-order valence-corrected chi connectivity index (χ3v) is 3.24. The number of carboxylic acids is 1. The van der Waals surface area contributed by atoms with E-state index < -0.39 is 5.97 Å². The molecule has 1 N–H and O–H groups in total. The van der Waals surface area contributed by atoms with Gasteiger partial charge in [-0.15, -0.1) is 0 Å². The molecule has 94 valence electrons. The van der Waals surface area contributed by atoms with E-state index in [4.69, 9.17) is 0 Å². The van der Waals surface area contributed by atoms with Gasteiger partial charge in [-0.2, -0.15) is 0 Å². The summed E-state index contributed by atoms with van der Waals surface area (Å²) in [5.41, 5.74) is 0. The summed E-state index contributed by atoms with van der Waals surface area (Å²) in [6, 6.07) is 0.0154. The van der Waals surface area contributed by atoms with E-state index in [1.165, 1.54) is 0 Å². The number of aliphatic carboxylic acids is 1. The predicted octanol–water partition coefficient (Wildman–Crippen LogP) is 1.12. The molecule has 1 saturated carbocycles. The number of hydrogen-bond acceptors (Lipinski definition) is 3. The van der Waals surface area contributed by atoms with Crippen LogP contribution in [-0.4, -0.2) is 60.1 Å². The van der Waals surface area contributed by atoms with Crippen LogP contribution in [0.3, 0.4) is 0 Å². The Hall–Kier alpha value is -0.610. The van der Waals surface area contributed by atoms with Crippen LogP contribution >= 0.6 is 0 Å². The Kier molecular flexibility index (Phi) is 4.74. The van der Waals surface area contributed by atoms with Gasteiger partial charge < -0.3 is 10.0 Å². The number of hydrogen-bond donors (Lipinski definition) is 1. The summed E-state index contributed by atoms with van der Waals surface area (Å²) in [4.78, 5) is 15.6. The van der Waals surface area contributed by atoms with E-state index in [0.717, 1.165) is 25.9 Å². The number of nitrogens with zero attached hydrogens (tertiary/aromatic N) is 2. The highest BCUT2D eigenvalue weighted by Crippen LogP contribution is 2.36. The highest BCUT2D eigenvalue weighted by atomic mass is 16.4. The molecular formula is C12H24N2O2. The first-order valence-corrected chi connectivity index (χ1v) is 6.10. The maximum absolute atomic E-state index is 11.3. The molecule has 0 amide bonds. The van der Waals surface area contributed by atoms with Crippen LogP contribution in [0.5, 0.6) is 0 Å². The second kappa shape index (κ2) is 5.64. The molecule has 16 heavy (non-hydrogen) atoms. The van der Waals surface area contributed by atoms with Crippen LogP contribution in [0.2, 0.25) is 0 Å². The average molecular weight is 228 g/mol. The molecule has 0 aromatic rings. The molecular weight excluding hydrogens is 204 g/mol. The Bertz CT molecular complexity index is 239. The van der Waals surface area contributed by atoms with E-state index in [0.29, 0.717) is 12.0 Å². The maximum Gasteiger partial charge on any atom is 0.321 e. The minimum Gasteiger partial charge on any atom is -0.480 e. The van der Waals surface area contributed by atoms with Gasteiger partial charge in [-0.25, -0.2) is 0 Å². The van der Waals surface area contributed by atoms with E-state index in [-0.39, 0.29) is 6.04 Å². The first-order chi connectivity index (χ1) is 7.47. The van der Waals surface area contributed by atoms with Crippen molar-refractivity contribution in [3.05, 3.63) is 0 Å². The van der Waals surface area contributed by atoms with Gasteiger partial charge in [0.2, 0.25) is 0 Å². The van der Waals surface area contributed by atoms with E-state index >= 15 is 0 Å². The highest BCUT2D eigenvalue weighted by Gasteiger charge is 2.41. The van der Waals surface area contributed by atoms with E-state index in [2.05, 4.69) is 16.7 Å². The molecule has 2 atom stereocenters. The summed E-state index contributed by atoms with van der Waals surface area (Å²) in [7, 11) is 4.05. The van der Waals surface area contributed by atoms with Crippen LogP contribution in [0.25, 0.3) is 0 Å². The van der Waals surface area contributed by atoms with Crippen molar-refractivity contribution in [3.63, 3.8) is 0 Å². The van der Waals surface area contributed by atoms with E-state index in [1.54, 1.807) is 0 Å². The van der Waals surface area contributed by atoms with Crippen molar-refractivity contribution >= 4 is 5.97 Å². The predicted molar refractivity (Wildman–Crippen MR) is 64.5 cm³/mol. The number of rotatable bonds is 7. The maximum atomic E-state index is 11.3. The summed E-state index contributed by atoms with van der Waals surface area (Å²) in [5.74, 6) is -0.281. The minimum atomic E-state index is -0.657. The van der Waals surface area contributed by atoms with Gasteiger partial charge in [-0.05, 0) is 46.3 Å². The van der Waals surface area contributed by atoms with Gasteiger partial charge in [0.25, 0.3) is 0 Å². The standard InChI is InChI=1S/C12H24N2O2/c1-5-14(9(2)8-13(3)4)11(12(15)16)10-6-7-10/h9-11H,5-8H2,1-4H3,(H,15,16). The molecule has 0 saturated heterocycles. The third kappa shape index (κ3) is 3.46. The smallest absolute Gasteiger partial charge is 0.321 e. The van der Waals surface area contributed by atoms with Gasteiger partial charge in [0, 0.05) is 12.6 Å². The SMILES string of the molecule is CCN(C(C)CN(C)C)C(C(=O)O)C1CC1. The lowest BCUT2D eigenvalue weighted by atomic mass is 10.1. The summed E-state index contributed by atoms with van der Waals surface area (Å²) < 4.78 is 0. The van der Waals surface area contributed by atoms with Crippen LogP contribution in [0, 0.1) is 5.92 Å². The monoisotopic (exact) mass is 228 g/mol. The first kappa shape index (κ1) is 13.5. The van der Waals surface area contributed by atoms with Crippen molar-refractivity contribution in [2.24, 2.45) is 5.92 Å². The van der Waals surface area contributed by atoms with Gasteiger partial charge in [-0.3, -0.25) is 9.69 Å². The number of likely N-dealkylation sites (N-methyl/N-ethyl adjacent to an activating group) is 2. The molecule has 1 aliphatic rings. The summed E-state index contributed by atoms with van der Waals surface area (Å²) in [5, 5.41) is 9.31. The lowest BCUT2D eigenvalue weighted by molar-refractivity contribution is -0.145. The van der Waals surface area contributed by atoms with Crippen molar-refractivity contribution in [3.8, 4) is 0 Å². The topological polar surface area (TPSA) is 43.8 Å². The Morgan fingerprint density at radius 2 is 2.00 bits per heavy atom.